The van der Waals surface area contributed by atoms with Crippen molar-refractivity contribution in [3.63, 3.8) is 0 Å². The van der Waals surface area contributed by atoms with E-state index in [2.05, 4.69) is 5.10 Å². The molecule has 1 aromatic carbocycles. The van der Waals surface area contributed by atoms with E-state index in [-0.39, 0.29) is 5.56 Å². The molecule has 0 amide bonds. The molecule has 2 aromatic rings. The number of ether oxygens (including phenoxy) is 1. The normalized spacial score (nSPS) is 10.3. The van der Waals surface area contributed by atoms with Crippen LogP contribution in [0.1, 0.15) is 0 Å². The molecule has 17 heavy (non-hydrogen) atoms. The van der Waals surface area contributed by atoms with Crippen LogP contribution < -0.4 is 10.3 Å². The zero-order chi connectivity index (χ0) is 12.4. The number of hydrogen-bond donors (Lipinski definition) is 0. The smallest absolute Gasteiger partial charge is 0.275 e. The Bertz CT molecular complexity index is 590. The standard InChI is InChI=1S/C11H8Cl2N2O2/c1-17-10-5-11(16)15(14-6-10)9-3-7(12)2-8(13)4-9/h2-6H,1H3. The van der Waals surface area contributed by atoms with E-state index in [0.29, 0.717) is 21.5 Å². The summed E-state index contributed by atoms with van der Waals surface area (Å²) in [6, 6.07) is 6.13. The number of halogens is 2. The molecule has 2 rings (SSSR count). The third kappa shape index (κ3) is 2.60. The number of aromatic nitrogens is 2. The highest BCUT2D eigenvalue weighted by atomic mass is 35.5. The lowest BCUT2D eigenvalue weighted by molar-refractivity contribution is 0.409. The molecule has 1 heterocycles. The predicted molar refractivity (Wildman–Crippen MR) is 66.4 cm³/mol. The van der Waals surface area contributed by atoms with Gasteiger partial charge in [0, 0.05) is 16.1 Å². The molecule has 0 aliphatic heterocycles. The van der Waals surface area contributed by atoms with Gasteiger partial charge >= 0.3 is 0 Å². The number of hydrogen-bond acceptors (Lipinski definition) is 3. The molecule has 0 saturated carbocycles. The zero-order valence-electron chi connectivity index (χ0n) is 8.85. The number of methoxy groups -OCH3 is 1. The second-order valence-electron chi connectivity index (χ2n) is 3.27. The van der Waals surface area contributed by atoms with Crippen molar-refractivity contribution >= 4 is 23.2 Å². The lowest BCUT2D eigenvalue weighted by Crippen LogP contribution is -2.19. The fourth-order valence-corrected chi connectivity index (χ4v) is 1.87. The van der Waals surface area contributed by atoms with Gasteiger partial charge in [-0.05, 0) is 18.2 Å². The van der Waals surface area contributed by atoms with Gasteiger partial charge in [-0.1, -0.05) is 23.2 Å². The molecule has 1 aromatic heterocycles. The summed E-state index contributed by atoms with van der Waals surface area (Å²) in [7, 11) is 1.47. The summed E-state index contributed by atoms with van der Waals surface area (Å²) in [5.74, 6) is 0.402. The van der Waals surface area contributed by atoms with Crippen LogP contribution in [-0.4, -0.2) is 16.9 Å². The highest BCUT2D eigenvalue weighted by Crippen LogP contribution is 2.20. The molecule has 0 fully saturated rings. The van der Waals surface area contributed by atoms with Gasteiger partial charge in [0.25, 0.3) is 5.56 Å². The van der Waals surface area contributed by atoms with E-state index in [4.69, 9.17) is 27.9 Å². The van der Waals surface area contributed by atoms with Crippen molar-refractivity contribution in [2.45, 2.75) is 0 Å². The van der Waals surface area contributed by atoms with Crippen molar-refractivity contribution in [2.75, 3.05) is 7.11 Å². The Morgan fingerprint density at radius 3 is 2.35 bits per heavy atom. The highest BCUT2D eigenvalue weighted by molar-refractivity contribution is 6.34. The van der Waals surface area contributed by atoms with Gasteiger partial charge in [0.15, 0.2) is 0 Å². The zero-order valence-corrected chi connectivity index (χ0v) is 10.4. The van der Waals surface area contributed by atoms with E-state index in [0.717, 1.165) is 0 Å². The van der Waals surface area contributed by atoms with Crippen molar-refractivity contribution in [1.29, 1.82) is 0 Å². The van der Waals surface area contributed by atoms with Crippen molar-refractivity contribution in [2.24, 2.45) is 0 Å². The van der Waals surface area contributed by atoms with Crippen LogP contribution in [0.25, 0.3) is 5.69 Å². The summed E-state index contributed by atoms with van der Waals surface area (Å²) in [5, 5.41) is 4.85. The third-order valence-electron chi connectivity index (χ3n) is 2.10. The minimum absolute atomic E-state index is 0.317. The maximum atomic E-state index is 11.8. The molecule has 0 N–H and O–H groups in total. The van der Waals surface area contributed by atoms with E-state index in [1.165, 1.54) is 24.1 Å². The minimum atomic E-state index is -0.317. The van der Waals surface area contributed by atoms with Gasteiger partial charge in [0.05, 0.1) is 19.0 Å². The van der Waals surface area contributed by atoms with E-state index >= 15 is 0 Å². The summed E-state index contributed by atoms with van der Waals surface area (Å²) in [6.07, 6.45) is 1.44. The van der Waals surface area contributed by atoms with Crippen molar-refractivity contribution in [3.05, 3.63) is 50.9 Å². The van der Waals surface area contributed by atoms with Crippen molar-refractivity contribution < 1.29 is 4.74 Å². The second-order valence-corrected chi connectivity index (χ2v) is 4.15. The molecule has 0 radical (unpaired) electrons. The molecule has 88 valence electrons. The van der Waals surface area contributed by atoms with Gasteiger partial charge < -0.3 is 4.74 Å². The molecule has 0 bridgehead atoms. The molecule has 4 nitrogen and oxygen atoms in total. The maximum Gasteiger partial charge on any atom is 0.275 e. The lowest BCUT2D eigenvalue weighted by atomic mass is 10.3. The van der Waals surface area contributed by atoms with E-state index in [1.807, 2.05) is 0 Å². The second kappa shape index (κ2) is 4.77. The van der Waals surface area contributed by atoms with Crippen LogP contribution in [0.2, 0.25) is 10.0 Å². The molecule has 6 heteroatoms. The minimum Gasteiger partial charge on any atom is -0.495 e. The summed E-state index contributed by atoms with van der Waals surface area (Å²) < 4.78 is 6.10. The fourth-order valence-electron chi connectivity index (χ4n) is 1.36. The molecule has 0 atom stereocenters. The first-order valence-electron chi connectivity index (χ1n) is 4.70. The van der Waals surface area contributed by atoms with Crippen LogP contribution >= 0.6 is 23.2 Å². The van der Waals surface area contributed by atoms with E-state index < -0.39 is 0 Å². The number of rotatable bonds is 2. The maximum absolute atomic E-state index is 11.8. The first kappa shape index (κ1) is 12.0. The average molecular weight is 271 g/mol. The van der Waals surface area contributed by atoms with Gasteiger partial charge in [0.1, 0.15) is 5.75 Å². The molecule has 0 aliphatic carbocycles. The molecule has 0 spiro atoms. The molecule has 0 unspecified atom stereocenters. The largest absolute Gasteiger partial charge is 0.495 e. The van der Waals surface area contributed by atoms with Crippen LogP contribution in [0.15, 0.2) is 35.3 Å². The fraction of sp³-hybridized carbons (Fsp3) is 0.0909. The SMILES string of the molecule is COc1cnn(-c2cc(Cl)cc(Cl)c2)c(=O)c1. The van der Waals surface area contributed by atoms with Crippen molar-refractivity contribution in [1.82, 2.24) is 9.78 Å². The monoisotopic (exact) mass is 270 g/mol. The molecule has 0 saturated heterocycles. The summed E-state index contributed by atoms with van der Waals surface area (Å²) in [5.41, 5.74) is 0.192. The first-order valence-corrected chi connectivity index (χ1v) is 5.45. The third-order valence-corrected chi connectivity index (χ3v) is 2.54. The predicted octanol–water partition coefficient (Wildman–Crippen LogP) is 2.55. The van der Waals surface area contributed by atoms with Gasteiger partial charge in [0.2, 0.25) is 0 Å². The van der Waals surface area contributed by atoms with Crippen LogP contribution in [0.5, 0.6) is 5.75 Å². The van der Waals surface area contributed by atoms with Gasteiger partial charge in [-0.25, -0.2) is 0 Å². The Morgan fingerprint density at radius 2 is 1.82 bits per heavy atom. The topological polar surface area (TPSA) is 44.1 Å². The summed E-state index contributed by atoms with van der Waals surface area (Å²) in [6.45, 7) is 0. The van der Waals surface area contributed by atoms with Gasteiger partial charge in [-0.2, -0.15) is 9.78 Å². The van der Waals surface area contributed by atoms with Crippen LogP contribution in [0.3, 0.4) is 0 Å². The van der Waals surface area contributed by atoms with Gasteiger partial charge in [-0.15, -0.1) is 0 Å². The highest BCUT2D eigenvalue weighted by Gasteiger charge is 2.05. The Kier molecular flexibility index (Phi) is 3.36. The Morgan fingerprint density at radius 1 is 1.18 bits per heavy atom. The molecular weight excluding hydrogens is 263 g/mol. The van der Waals surface area contributed by atoms with Gasteiger partial charge in [-0.3, -0.25) is 4.79 Å². The van der Waals surface area contributed by atoms with Crippen molar-refractivity contribution in [3.8, 4) is 11.4 Å². The van der Waals surface area contributed by atoms with Crippen LogP contribution in [-0.2, 0) is 0 Å². The Balaban J connectivity index is 2.57. The lowest BCUT2D eigenvalue weighted by Gasteiger charge is -2.06. The number of benzene rings is 1. The Labute approximate surface area is 107 Å². The quantitative estimate of drug-likeness (QED) is 0.843. The molecular formula is C11H8Cl2N2O2. The Hall–Kier alpha value is -1.52. The van der Waals surface area contributed by atoms with E-state index in [9.17, 15) is 4.79 Å². The number of nitrogens with zero attached hydrogens (tertiary/aromatic N) is 2. The summed E-state index contributed by atoms with van der Waals surface area (Å²) >= 11 is 11.7. The average Bonchev–Trinajstić information content (AvgIpc) is 2.27. The molecule has 0 aliphatic rings. The van der Waals surface area contributed by atoms with Crippen LogP contribution in [0, 0.1) is 0 Å². The first-order chi connectivity index (χ1) is 8.10. The van der Waals surface area contributed by atoms with E-state index in [1.54, 1.807) is 18.2 Å². The van der Waals surface area contributed by atoms with Crippen LogP contribution in [0.4, 0.5) is 0 Å². The summed E-state index contributed by atoms with van der Waals surface area (Å²) in [4.78, 5) is 11.8.